The second-order valence-electron chi connectivity index (χ2n) is 7.51. The molecule has 0 amide bonds. The molecule has 2 aromatic carbocycles. The summed E-state index contributed by atoms with van der Waals surface area (Å²) in [5.74, 6) is 1.10. The molecule has 128 valence electrons. The molecule has 0 aliphatic carbocycles. The molecular formula is C21H23N3O. The molecule has 0 radical (unpaired) electrons. The van der Waals surface area contributed by atoms with Crippen LogP contribution in [0.5, 0.6) is 0 Å². The minimum absolute atomic E-state index is 0.393. The van der Waals surface area contributed by atoms with E-state index < -0.39 is 0 Å². The number of hydrogen-bond acceptors (Lipinski definition) is 3. The lowest BCUT2D eigenvalue weighted by Gasteiger charge is -2.55. The number of ether oxygens (including phenoxy) is 1. The van der Waals surface area contributed by atoms with Gasteiger partial charge >= 0.3 is 0 Å². The van der Waals surface area contributed by atoms with Crippen molar-refractivity contribution in [1.82, 2.24) is 9.55 Å². The largest absolute Gasteiger partial charge is 0.380 e. The Kier molecular flexibility index (Phi) is 3.35. The number of nitrogens with zero attached hydrogens (tertiary/aromatic N) is 3. The van der Waals surface area contributed by atoms with Gasteiger partial charge in [0, 0.05) is 13.1 Å². The number of rotatable bonds is 4. The highest BCUT2D eigenvalue weighted by Crippen LogP contribution is 2.40. The maximum atomic E-state index is 5.43. The fourth-order valence-electron chi connectivity index (χ4n) is 4.02. The zero-order valence-corrected chi connectivity index (χ0v) is 14.6. The molecule has 3 aromatic rings. The number of benzene rings is 2. The molecule has 3 heterocycles. The predicted octanol–water partition coefficient (Wildman–Crippen LogP) is 3.48. The monoisotopic (exact) mass is 333 g/mol. The van der Waals surface area contributed by atoms with Gasteiger partial charge in [-0.05, 0) is 29.7 Å². The van der Waals surface area contributed by atoms with Crippen molar-refractivity contribution in [2.75, 3.05) is 31.2 Å². The van der Waals surface area contributed by atoms with E-state index in [1.54, 1.807) is 0 Å². The van der Waals surface area contributed by atoms with E-state index in [1.807, 2.05) is 0 Å². The third kappa shape index (κ3) is 2.44. The van der Waals surface area contributed by atoms with Gasteiger partial charge in [0.1, 0.15) is 0 Å². The van der Waals surface area contributed by atoms with Crippen LogP contribution in [0.25, 0.3) is 11.0 Å². The Morgan fingerprint density at radius 1 is 1.04 bits per heavy atom. The van der Waals surface area contributed by atoms with Gasteiger partial charge in [-0.1, -0.05) is 43.3 Å². The van der Waals surface area contributed by atoms with Crippen LogP contribution in [0.3, 0.4) is 0 Å². The van der Waals surface area contributed by atoms with Crippen LogP contribution in [0, 0.1) is 5.41 Å². The van der Waals surface area contributed by atoms with Crippen molar-refractivity contribution in [3.8, 4) is 0 Å². The van der Waals surface area contributed by atoms with Gasteiger partial charge in [0.15, 0.2) is 0 Å². The summed E-state index contributed by atoms with van der Waals surface area (Å²) in [6, 6.07) is 17.4. The number of anilines is 1. The maximum Gasteiger partial charge on any atom is 0.206 e. The lowest BCUT2D eigenvalue weighted by atomic mass is 9.78. The maximum absolute atomic E-state index is 5.43. The van der Waals surface area contributed by atoms with E-state index in [0.717, 1.165) is 50.7 Å². The van der Waals surface area contributed by atoms with Gasteiger partial charge in [-0.3, -0.25) is 0 Å². The lowest BCUT2D eigenvalue weighted by Crippen LogP contribution is -2.66. The second-order valence-corrected chi connectivity index (χ2v) is 7.51. The van der Waals surface area contributed by atoms with E-state index in [4.69, 9.17) is 9.72 Å². The van der Waals surface area contributed by atoms with Crippen LogP contribution in [-0.4, -0.2) is 35.9 Å². The van der Waals surface area contributed by atoms with E-state index in [1.165, 1.54) is 16.6 Å². The first kappa shape index (κ1) is 15.0. The van der Waals surface area contributed by atoms with Crippen molar-refractivity contribution < 1.29 is 4.74 Å². The van der Waals surface area contributed by atoms with Gasteiger partial charge in [0.2, 0.25) is 5.95 Å². The Bertz CT molecular complexity index is 904. The van der Waals surface area contributed by atoms with Crippen LogP contribution in [0.1, 0.15) is 18.1 Å². The molecule has 25 heavy (non-hydrogen) atoms. The summed E-state index contributed by atoms with van der Waals surface area (Å²) in [6.45, 7) is 6.99. The molecule has 2 saturated heterocycles. The Balaban J connectivity index is 1.55. The molecular weight excluding hydrogens is 310 g/mol. The third-order valence-electron chi connectivity index (χ3n) is 5.54. The summed E-state index contributed by atoms with van der Waals surface area (Å²) in [7, 11) is 0. The van der Waals surface area contributed by atoms with Gasteiger partial charge in [-0.15, -0.1) is 0 Å². The van der Waals surface area contributed by atoms with Crippen LogP contribution < -0.4 is 4.90 Å². The Morgan fingerprint density at radius 2 is 1.84 bits per heavy atom. The first-order chi connectivity index (χ1) is 12.3. The highest BCUT2D eigenvalue weighted by Gasteiger charge is 2.50. The fraction of sp³-hybridized carbons (Fsp3) is 0.381. The molecule has 1 aromatic heterocycles. The summed E-state index contributed by atoms with van der Waals surface area (Å²) in [6.07, 6.45) is 1.04. The minimum Gasteiger partial charge on any atom is -0.380 e. The highest BCUT2D eigenvalue weighted by molar-refractivity contribution is 5.80. The number of aryl methyl sites for hydroxylation is 1. The normalized spacial score (nSPS) is 18.4. The van der Waals surface area contributed by atoms with Crippen molar-refractivity contribution in [2.24, 2.45) is 5.41 Å². The van der Waals surface area contributed by atoms with E-state index in [9.17, 15) is 0 Å². The van der Waals surface area contributed by atoms with Crippen LogP contribution in [0.4, 0.5) is 5.95 Å². The summed E-state index contributed by atoms with van der Waals surface area (Å²) in [4.78, 5) is 7.43. The number of hydrogen-bond donors (Lipinski definition) is 0. The van der Waals surface area contributed by atoms with E-state index in [-0.39, 0.29) is 0 Å². The van der Waals surface area contributed by atoms with Crippen molar-refractivity contribution in [3.05, 3.63) is 59.7 Å². The van der Waals surface area contributed by atoms with Crippen molar-refractivity contribution in [3.63, 3.8) is 0 Å². The minimum atomic E-state index is 0.393. The molecule has 4 heteroatoms. The van der Waals surface area contributed by atoms with E-state index in [0.29, 0.717) is 5.41 Å². The molecule has 2 aliphatic heterocycles. The molecule has 5 rings (SSSR count). The molecule has 0 N–H and O–H groups in total. The number of imidazole rings is 1. The molecule has 0 saturated carbocycles. The highest BCUT2D eigenvalue weighted by atomic mass is 16.5. The fourth-order valence-corrected chi connectivity index (χ4v) is 4.02. The van der Waals surface area contributed by atoms with Gasteiger partial charge in [0.05, 0.1) is 36.2 Å². The van der Waals surface area contributed by atoms with Gasteiger partial charge in [-0.2, -0.15) is 0 Å². The average molecular weight is 333 g/mol. The third-order valence-corrected chi connectivity index (χ3v) is 5.54. The zero-order valence-electron chi connectivity index (χ0n) is 14.6. The first-order valence-electron chi connectivity index (χ1n) is 9.12. The molecule has 0 bridgehead atoms. The van der Waals surface area contributed by atoms with E-state index in [2.05, 4.69) is 64.9 Å². The van der Waals surface area contributed by atoms with Gasteiger partial charge in [0.25, 0.3) is 0 Å². The molecule has 0 atom stereocenters. The van der Waals surface area contributed by atoms with Crippen molar-refractivity contribution in [2.45, 2.75) is 19.9 Å². The second kappa shape index (κ2) is 5.60. The van der Waals surface area contributed by atoms with Crippen LogP contribution in [-0.2, 0) is 17.7 Å². The van der Waals surface area contributed by atoms with E-state index >= 15 is 0 Å². The summed E-state index contributed by atoms with van der Waals surface area (Å²) in [5.41, 5.74) is 5.38. The Hall–Kier alpha value is -2.33. The molecule has 2 fully saturated rings. The van der Waals surface area contributed by atoms with Crippen LogP contribution in [0.2, 0.25) is 0 Å². The van der Waals surface area contributed by atoms with Crippen molar-refractivity contribution in [1.29, 1.82) is 0 Å². The topological polar surface area (TPSA) is 30.3 Å². The SMILES string of the molecule is CCc1ccc2c(c1)nc(N1CC3(COC3)C1)n2Cc1ccccc1. The summed E-state index contributed by atoms with van der Waals surface area (Å²) in [5, 5.41) is 0. The molecule has 1 spiro atoms. The predicted molar refractivity (Wildman–Crippen MR) is 100 cm³/mol. The smallest absolute Gasteiger partial charge is 0.206 e. The summed E-state index contributed by atoms with van der Waals surface area (Å²) < 4.78 is 7.80. The van der Waals surface area contributed by atoms with Crippen LogP contribution >= 0.6 is 0 Å². The molecule has 4 nitrogen and oxygen atoms in total. The molecule has 0 unspecified atom stereocenters. The summed E-state index contributed by atoms with van der Waals surface area (Å²) >= 11 is 0. The number of aromatic nitrogens is 2. The number of fused-ring (bicyclic) bond motifs is 1. The quantitative estimate of drug-likeness (QED) is 0.732. The van der Waals surface area contributed by atoms with Crippen molar-refractivity contribution >= 4 is 17.0 Å². The van der Waals surface area contributed by atoms with Crippen LogP contribution in [0.15, 0.2) is 48.5 Å². The van der Waals surface area contributed by atoms with Gasteiger partial charge in [-0.25, -0.2) is 4.98 Å². The van der Waals surface area contributed by atoms with Gasteiger partial charge < -0.3 is 14.2 Å². The Labute approximate surface area is 148 Å². The standard InChI is InChI=1S/C21H23N3O/c1-2-16-8-9-19-18(10-16)22-20(23-12-21(13-23)14-25-15-21)24(19)11-17-6-4-3-5-7-17/h3-10H,2,11-15H2,1H3. The first-order valence-corrected chi connectivity index (χ1v) is 9.12. The zero-order chi connectivity index (χ0) is 16.9. The average Bonchev–Trinajstić information content (AvgIpc) is 2.91. The Morgan fingerprint density at radius 3 is 2.52 bits per heavy atom. The molecule has 2 aliphatic rings. The lowest BCUT2D eigenvalue weighted by molar-refractivity contribution is -0.127.